The number of ketones is 1. The number of fused-ring (bicyclic) bond motifs is 1. The maximum absolute atomic E-state index is 13.2. The summed E-state index contributed by atoms with van der Waals surface area (Å²) < 4.78 is 16.3. The molecule has 2 aromatic rings. The second kappa shape index (κ2) is 9.41. The molecule has 4 aliphatic rings. The molecule has 1 fully saturated rings. The molecule has 2 aliphatic carbocycles. The number of esters is 1. The first-order valence-electron chi connectivity index (χ1n) is 13.1. The van der Waals surface area contributed by atoms with E-state index in [1.807, 2.05) is 36.4 Å². The number of phenolic OH excluding ortho intramolecular Hbond substituents is 1. The van der Waals surface area contributed by atoms with Gasteiger partial charge in [0.1, 0.15) is 11.6 Å². The Bertz CT molecular complexity index is 1400. The monoisotopic (exact) mass is 532 g/mol. The molecule has 5 atom stereocenters. The van der Waals surface area contributed by atoms with Crippen molar-refractivity contribution >= 4 is 17.5 Å². The van der Waals surface area contributed by atoms with Crippen LogP contribution in [0.25, 0.3) is 0 Å². The van der Waals surface area contributed by atoms with E-state index >= 15 is 0 Å². The summed E-state index contributed by atoms with van der Waals surface area (Å²) in [6, 6.07) is 11.2. The minimum absolute atomic E-state index is 0.0307. The molecular weight excluding hydrogens is 500 g/mol. The highest BCUT2D eigenvalue weighted by Gasteiger charge is 2.58. The third-order valence-electron chi connectivity index (χ3n) is 9.06. The molecule has 2 bridgehead atoms. The molecule has 1 saturated heterocycles. The van der Waals surface area contributed by atoms with Crippen LogP contribution >= 0.6 is 0 Å². The summed E-state index contributed by atoms with van der Waals surface area (Å²) in [4.78, 5) is 34.8. The largest absolute Gasteiger partial charge is 0.504 e. The molecule has 0 spiro atoms. The van der Waals surface area contributed by atoms with Crippen LogP contribution in [0.4, 0.5) is 0 Å². The van der Waals surface area contributed by atoms with Crippen LogP contribution in [0.5, 0.6) is 11.5 Å². The number of hydrogen-bond donors (Lipinski definition) is 1. The van der Waals surface area contributed by atoms with Crippen molar-refractivity contribution in [3.8, 4) is 11.5 Å². The van der Waals surface area contributed by atoms with Crippen molar-refractivity contribution in [1.29, 1.82) is 0 Å². The van der Waals surface area contributed by atoms with Gasteiger partial charge in [-0.25, -0.2) is 0 Å². The summed E-state index contributed by atoms with van der Waals surface area (Å²) in [5, 5.41) is 16.0. The number of carbonyl (C=O) groups is 2. The zero-order valence-corrected chi connectivity index (χ0v) is 22.5. The average Bonchev–Trinajstić information content (AvgIpc) is 3.39. The number of ether oxygens (including phenoxy) is 3. The molecule has 9 heteroatoms. The molecule has 204 valence electrons. The smallest absolute Gasteiger partial charge is 0.319 e. The average molecular weight is 533 g/mol. The number of Topliss-reactive ketones (excluding diaryl/α,β-unsaturated/α-hetero) is 1. The predicted octanol–water partition coefficient (Wildman–Crippen LogP) is 3.28. The minimum atomic E-state index is -0.823. The number of likely N-dealkylation sites (tertiary alicyclic amines) is 1. The summed E-state index contributed by atoms with van der Waals surface area (Å²) in [6.07, 6.45) is 2.62. The number of methoxy groups -OCH3 is 3. The van der Waals surface area contributed by atoms with Crippen LogP contribution in [0.15, 0.2) is 53.4 Å². The Hall–Kier alpha value is -3.85. The maximum Gasteiger partial charge on any atom is 0.319 e. The van der Waals surface area contributed by atoms with E-state index in [0.29, 0.717) is 35.4 Å². The van der Waals surface area contributed by atoms with Gasteiger partial charge < -0.3 is 29.1 Å². The van der Waals surface area contributed by atoms with Crippen LogP contribution in [-0.2, 0) is 35.7 Å². The number of nitrogens with zero attached hydrogens (tertiary/aromatic N) is 2. The number of carbonyl (C=O) groups excluding carboxylic acids is 2. The van der Waals surface area contributed by atoms with Crippen LogP contribution in [0, 0.1) is 11.8 Å². The standard InChI is InChI=1S/C30H32N2O7/c1-32-11-10-30-15-21(33)22(36-2)14-19(30)20(32)12-17-18(13-23(37-3)27(34)25(17)30)28-24(29(35)38-4)26(31-39-28)16-8-6-5-7-9-16/h5-9,13-14,19-20,24,28,34H,10-12,15H2,1-4H3/t19?,20-,24-,28+,30+/m0/s1. The van der Waals surface area contributed by atoms with E-state index in [2.05, 4.69) is 17.1 Å². The lowest BCUT2D eigenvalue weighted by molar-refractivity contribution is -0.146. The summed E-state index contributed by atoms with van der Waals surface area (Å²) in [5.41, 5.74) is 2.88. The molecule has 6 rings (SSSR count). The summed E-state index contributed by atoms with van der Waals surface area (Å²) in [5.74, 6) is -0.756. The van der Waals surface area contributed by atoms with Crippen molar-refractivity contribution in [3.05, 3.63) is 70.5 Å². The van der Waals surface area contributed by atoms with Crippen LogP contribution < -0.4 is 4.74 Å². The summed E-state index contributed by atoms with van der Waals surface area (Å²) >= 11 is 0. The van der Waals surface area contributed by atoms with Crippen molar-refractivity contribution in [1.82, 2.24) is 4.90 Å². The molecule has 1 N–H and O–H groups in total. The van der Waals surface area contributed by atoms with E-state index in [4.69, 9.17) is 19.0 Å². The minimum Gasteiger partial charge on any atom is -0.504 e. The fraction of sp³-hybridized carbons (Fsp3) is 0.433. The Morgan fingerprint density at radius 1 is 1.18 bits per heavy atom. The van der Waals surface area contributed by atoms with Crippen molar-refractivity contribution in [2.75, 3.05) is 34.9 Å². The second-order valence-corrected chi connectivity index (χ2v) is 10.8. The van der Waals surface area contributed by atoms with Crippen LogP contribution in [-0.4, -0.2) is 68.4 Å². The van der Waals surface area contributed by atoms with Crippen LogP contribution in [0.2, 0.25) is 0 Å². The molecule has 0 aromatic heterocycles. The van der Waals surface area contributed by atoms with Gasteiger partial charge in [-0.15, -0.1) is 0 Å². The first kappa shape index (κ1) is 25.4. The van der Waals surface area contributed by atoms with Gasteiger partial charge in [0.05, 0.1) is 21.3 Å². The van der Waals surface area contributed by atoms with Gasteiger partial charge in [0.15, 0.2) is 29.1 Å². The molecular formula is C30H32N2O7. The molecule has 2 aromatic carbocycles. The summed E-state index contributed by atoms with van der Waals surface area (Å²) in [7, 11) is 6.45. The third kappa shape index (κ3) is 3.66. The third-order valence-corrected chi connectivity index (χ3v) is 9.06. The molecule has 1 unspecified atom stereocenters. The van der Waals surface area contributed by atoms with Crippen molar-refractivity contribution in [3.63, 3.8) is 0 Å². The SMILES string of the molecule is COC(=O)[C@H]1C(c2ccccc2)=NO[C@@H]1c1cc(OC)c(O)c2c1C[C@H]1C3C=C(OC)C(=O)C[C@@]23CCN1C. The lowest BCUT2D eigenvalue weighted by Gasteiger charge is -2.57. The first-order valence-corrected chi connectivity index (χ1v) is 13.1. The Morgan fingerprint density at radius 2 is 1.95 bits per heavy atom. The molecule has 0 amide bonds. The van der Waals surface area contributed by atoms with E-state index < -0.39 is 23.4 Å². The van der Waals surface area contributed by atoms with E-state index in [1.165, 1.54) is 21.3 Å². The van der Waals surface area contributed by atoms with E-state index in [1.54, 1.807) is 6.07 Å². The lowest BCUT2D eigenvalue weighted by Crippen LogP contribution is -2.60. The lowest BCUT2D eigenvalue weighted by atomic mass is 9.53. The van der Waals surface area contributed by atoms with Gasteiger partial charge in [0.2, 0.25) is 0 Å². The molecule has 2 aliphatic heterocycles. The number of likely N-dealkylation sites (N-methyl/N-ethyl adjacent to an activating group) is 1. The predicted molar refractivity (Wildman–Crippen MR) is 142 cm³/mol. The number of allylic oxidation sites excluding steroid dienone is 1. The highest BCUT2D eigenvalue weighted by molar-refractivity contribution is 6.13. The van der Waals surface area contributed by atoms with Gasteiger partial charge in [-0.1, -0.05) is 35.5 Å². The number of aromatic hydroxyl groups is 1. The van der Waals surface area contributed by atoms with E-state index in [-0.39, 0.29) is 35.7 Å². The Labute approximate surface area is 227 Å². The van der Waals surface area contributed by atoms with Gasteiger partial charge in [0.25, 0.3) is 0 Å². The number of rotatable bonds is 5. The van der Waals surface area contributed by atoms with Crippen molar-refractivity contribution in [2.45, 2.75) is 36.8 Å². The van der Waals surface area contributed by atoms with Crippen LogP contribution in [0.3, 0.4) is 0 Å². The number of hydrogen-bond acceptors (Lipinski definition) is 9. The normalized spacial score (nSPS) is 29.4. The first-order chi connectivity index (χ1) is 18.8. The Balaban J connectivity index is 1.56. The van der Waals surface area contributed by atoms with Gasteiger partial charge in [-0.3, -0.25) is 9.59 Å². The van der Waals surface area contributed by atoms with Gasteiger partial charge in [-0.05, 0) is 44.1 Å². The quantitative estimate of drug-likeness (QED) is 0.585. The van der Waals surface area contributed by atoms with Crippen molar-refractivity contribution < 1.29 is 33.7 Å². The van der Waals surface area contributed by atoms with Gasteiger partial charge in [-0.2, -0.15) is 0 Å². The number of benzene rings is 2. The highest BCUT2D eigenvalue weighted by atomic mass is 16.6. The molecule has 2 heterocycles. The van der Waals surface area contributed by atoms with E-state index in [9.17, 15) is 14.7 Å². The van der Waals surface area contributed by atoms with Crippen LogP contribution in [0.1, 0.15) is 41.2 Å². The number of oxime groups is 1. The Kier molecular flexibility index (Phi) is 6.14. The second-order valence-electron chi connectivity index (χ2n) is 10.8. The number of phenols is 1. The molecule has 9 nitrogen and oxygen atoms in total. The van der Waals surface area contributed by atoms with Crippen molar-refractivity contribution in [2.24, 2.45) is 17.0 Å². The van der Waals surface area contributed by atoms with E-state index in [0.717, 1.165) is 17.7 Å². The topological polar surface area (TPSA) is 107 Å². The number of piperidine rings is 1. The van der Waals surface area contributed by atoms with Gasteiger partial charge in [0, 0.05) is 40.5 Å². The highest BCUT2D eigenvalue weighted by Crippen LogP contribution is 2.59. The van der Waals surface area contributed by atoms with Gasteiger partial charge >= 0.3 is 5.97 Å². The zero-order chi connectivity index (χ0) is 27.5. The summed E-state index contributed by atoms with van der Waals surface area (Å²) in [6.45, 7) is 0.780. The maximum atomic E-state index is 13.2. The Morgan fingerprint density at radius 3 is 2.64 bits per heavy atom. The molecule has 0 saturated carbocycles. The molecule has 39 heavy (non-hydrogen) atoms. The molecule has 0 radical (unpaired) electrons. The fourth-order valence-corrected chi connectivity index (χ4v) is 7.20. The fourth-order valence-electron chi connectivity index (χ4n) is 7.20. The zero-order valence-electron chi connectivity index (χ0n) is 22.5.